The van der Waals surface area contributed by atoms with Crippen LogP contribution >= 0.6 is 0 Å². The predicted octanol–water partition coefficient (Wildman–Crippen LogP) is 3.62. The Morgan fingerprint density at radius 3 is 2.23 bits per heavy atom. The molecule has 1 saturated heterocycles. The molecule has 162 valence electrons. The zero-order chi connectivity index (χ0) is 21.8. The van der Waals surface area contributed by atoms with Crippen LogP contribution in [0.15, 0.2) is 24.3 Å². The van der Waals surface area contributed by atoms with E-state index < -0.39 is 46.7 Å². The van der Waals surface area contributed by atoms with Crippen LogP contribution in [0.3, 0.4) is 0 Å². The SMILES string of the molecule is COc1cccc(C(CN2CCOCC2)OC(=O)c2c(F)c(F)c(F)c(F)c2F)c1. The fourth-order valence-electron chi connectivity index (χ4n) is 3.04. The topological polar surface area (TPSA) is 48.0 Å². The van der Waals surface area contributed by atoms with Crippen molar-refractivity contribution in [3.63, 3.8) is 0 Å². The third-order valence-electron chi connectivity index (χ3n) is 4.66. The molecule has 2 aromatic rings. The number of halogens is 5. The van der Waals surface area contributed by atoms with E-state index in [1.807, 2.05) is 4.90 Å². The van der Waals surface area contributed by atoms with E-state index in [4.69, 9.17) is 14.2 Å². The van der Waals surface area contributed by atoms with E-state index in [2.05, 4.69) is 0 Å². The van der Waals surface area contributed by atoms with E-state index in [1.165, 1.54) is 7.11 Å². The Balaban J connectivity index is 1.93. The van der Waals surface area contributed by atoms with Crippen molar-refractivity contribution in [2.24, 2.45) is 0 Å². The summed E-state index contributed by atoms with van der Waals surface area (Å²) in [5.74, 6) is -12.5. The molecule has 3 rings (SSSR count). The van der Waals surface area contributed by atoms with E-state index in [9.17, 15) is 26.7 Å². The summed E-state index contributed by atoms with van der Waals surface area (Å²) in [6.07, 6.45) is -1.05. The normalized spacial score (nSPS) is 15.7. The average Bonchev–Trinajstić information content (AvgIpc) is 2.76. The molecule has 0 spiro atoms. The number of nitrogens with zero attached hydrogens (tertiary/aromatic N) is 1. The lowest BCUT2D eigenvalue weighted by atomic mass is 10.1. The molecule has 5 nitrogen and oxygen atoms in total. The molecular weight excluding hydrogens is 413 g/mol. The minimum atomic E-state index is -2.35. The average molecular weight is 431 g/mol. The Morgan fingerprint density at radius 1 is 1.03 bits per heavy atom. The zero-order valence-electron chi connectivity index (χ0n) is 15.9. The van der Waals surface area contributed by atoms with Crippen molar-refractivity contribution in [1.29, 1.82) is 0 Å². The number of rotatable bonds is 6. The first-order valence-corrected chi connectivity index (χ1v) is 9.00. The van der Waals surface area contributed by atoms with Gasteiger partial charge >= 0.3 is 5.97 Å². The van der Waals surface area contributed by atoms with Gasteiger partial charge < -0.3 is 14.2 Å². The van der Waals surface area contributed by atoms with Crippen LogP contribution in [0.2, 0.25) is 0 Å². The van der Waals surface area contributed by atoms with Crippen LogP contribution in [-0.2, 0) is 9.47 Å². The van der Waals surface area contributed by atoms with Crippen LogP contribution in [-0.4, -0.2) is 50.8 Å². The molecule has 0 saturated carbocycles. The van der Waals surface area contributed by atoms with Crippen molar-refractivity contribution in [1.82, 2.24) is 4.90 Å². The molecule has 0 amide bonds. The molecule has 30 heavy (non-hydrogen) atoms. The van der Waals surface area contributed by atoms with Crippen LogP contribution in [0.1, 0.15) is 22.0 Å². The van der Waals surface area contributed by atoms with Crippen LogP contribution in [0.25, 0.3) is 0 Å². The molecule has 0 bridgehead atoms. The fourth-order valence-corrected chi connectivity index (χ4v) is 3.04. The quantitative estimate of drug-likeness (QED) is 0.303. The third kappa shape index (κ3) is 4.54. The highest BCUT2D eigenvalue weighted by Crippen LogP contribution is 2.28. The first-order valence-electron chi connectivity index (χ1n) is 9.00. The Kier molecular flexibility index (Phi) is 6.88. The Labute approximate surface area is 168 Å². The zero-order valence-corrected chi connectivity index (χ0v) is 15.9. The number of hydrogen-bond acceptors (Lipinski definition) is 5. The molecular formula is C20H18F5NO4. The molecule has 0 aromatic heterocycles. The summed E-state index contributed by atoms with van der Waals surface area (Å²) < 4.78 is 83.9. The van der Waals surface area contributed by atoms with Gasteiger partial charge in [-0.25, -0.2) is 26.7 Å². The molecule has 2 aromatic carbocycles. The lowest BCUT2D eigenvalue weighted by Gasteiger charge is -2.30. The third-order valence-corrected chi connectivity index (χ3v) is 4.66. The van der Waals surface area contributed by atoms with Gasteiger partial charge in [0.25, 0.3) is 0 Å². The lowest BCUT2D eigenvalue weighted by Crippen LogP contribution is -2.39. The number of carbonyl (C=O) groups is 1. The molecule has 1 atom stereocenters. The Hall–Kier alpha value is -2.72. The van der Waals surface area contributed by atoms with Gasteiger partial charge in [-0.1, -0.05) is 12.1 Å². The highest BCUT2D eigenvalue weighted by Gasteiger charge is 2.32. The summed E-state index contributed by atoms with van der Waals surface area (Å²) >= 11 is 0. The van der Waals surface area contributed by atoms with Gasteiger partial charge in [-0.2, -0.15) is 0 Å². The highest BCUT2D eigenvalue weighted by molar-refractivity contribution is 5.90. The number of esters is 1. The maximum Gasteiger partial charge on any atom is 0.345 e. The van der Waals surface area contributed by atoms with E-state index in [-0.39, 0.29) is 6.54 Å². The summed E-state index contributed by atoms with van der Waals surface area (Å²) in [7, 11) is 1.43. The van der Waals surface area contributed by atoms with Crippen molar-refractivity contribution in [3.05, 3.63) is 64.5 Å². The molecule has 0 N–H and O–H groups in total. The van der Waals surface area contributed by atoms with E-state index in [0.29, 0.717) is 37.6 Å². The minimum absolute atomic E-state index is 0.123. The summed E-state index contributed by atoms with van der Waals surface area (Å²) in [5, 5.41) is 0. The molecule has 0 aliphatic carbocycles. The van der Waals surface area contributed by atoms with Gasteiger partial charge in [-0.3, -0.25) is 4.90 Å². The van der Waals surface area contributed by atoms with E-state index >= 15 is 0 Å². The molecule has 1 fully saturated rings. The van der Waals surface area contributed by atoms with Crippen LogP contribution < -0.4 is 4.74 Å². The van der Waals surface area contributed by atoms with Gasteiger partial charge in [-0.15, -0.1) is 0 Å². The first kappa shape index (κ1) is 22.0. The number of hydrogen-bond donors (Lipinski definition) is 0. The molecule has 1 heterocycles. The molecule has 10 heteroatoms. The number of ether oxygens (including phenoxy) is 3. The van der Waals surface area contributed by atoms with Gasteiger partial charge in [0.2, 0.25) is 5.82 Å². The van der Waals surface area contributed by atoms with Crippen LogP contribution in [0.4, 0.5) is 22.0 Å². The van der Waals surface area contributed by atoms with Crippen molar-refractivity contribution < 1.29 is 41.0 Å². The fraction of sp³-hybridized carbons (Fsp3) is 0.350. The number of morpholine rings is 1. The first-order chi connectivity index (χ1) is 14.3. The van der Waals surface area contributed by atoms with Crippen LogP contribution in [0, 0.1) is 29.1 Å². The molecule has 0 radical (unpaired) electrons. The second-order valence-electron chi connectivity index (χ2n) is 6.53. The predicted molar refractivity (Wildman–Crippen MR) is 94.6 cm³/mol. The maximum atomic E-state index is 14.0. The van der Waals surface area contributed by atoms with E-state index in [0.717, 1.165) is 0 Å². The molecule has 1 aliphatic heterocycles. The molecule has 1 unspecified atom stereocenters. The van der Waals surface area contributed by atoms with Crippen molar-refractivity contribution in [3.8, 4) is 5.75 Å². The van der Waals surface area contributed by atoms with E-state index in [1.54, 1.807) is 24.3 Å². The van der Waals surface area contributed by atoms with Crippen LogP contribution in [0.5, 0.6) is 5.75 Å². The standard InChI is InChI=1S/C20H18F5NO4/c1-28-12-4-2-3-11(9-12)13(10-26-5-7-29-8-6-26)30-20(27)14-15(21)17(23)19(25)18(24)16(14)22/h2-4,9,13H,5-8,10H2,1H3. The second kappa shape index (κ2) is 9.40. The smallest absolute Gasteiger partial charge is 0.345 e. The van der Waals surface area contributed by atoms with Gasteiger partial charge in [0.15, 0.2) is 23.3 Å². The van der Waals surface area contributed by atoms with Crippen molar-refractivity contribution in [2.75, 3.05) is 40.0 Å². The summed E-state index contributed by atoms with van der Waals surface area (Å²) in [6, 6.07) is 6.41. The van der Waals surface area contributed by atoms with Gasteiger partial charge in [0.1, 0.15) is 17.4 Å². The van der Waals surface area contributed by atoms with Gasteiger partial charge in [0, 0.05) is 19.6 Å². The lowest BCUT2D eigenvalue weighted by molar-refractivity contribution is -0.00541. The Morgan fingerprint density at radius 2 is 1.63 bits per heavy atom. The van der Waals surface area contributed by atoms with Gasteiger partial charge in [-0.05, 0) is 17.7 Å². The number of benzene rings is 2. The van der Waals surface area contributed by atoms with Crippen molar-refractivity contribution in [2.45, 2.75) is 6.10 Å². The number of carbonyl (C=O) groups excluding carboxylic acids is 1. The highest BCUT2D eigenvalue weighted by atomic mass is 19.2. The molecule has 1 aliphatic rings. The monoisotopic (exact) mass is 431 g/mol. The second-order valence-corrected chi connectivity index (χ2v) is 6.53. The largest absolute Gasteiger partial charge is 0.497 e. The Bertz CT molecular complexity index is 905. The van der Waals surface area contributed by atoms with Gasteiger partial charge in [0.05, 0.1) is 20.3 Å². The minimum Gasteiger partial charge on any atom is -0.497 e. The summed E-state index contributed by atoms with van der Waals surface area (Å²) in [4.78, 5) is 14.3. The number of methoxy groups -OCH3 is 1. The maximum absolute atomic E-state index is 14.0. The van der Waals surface area contributed by atoms with Crippen molar-refractivity contribution >= 4 is 5.97 Å². The summed E-state index contributed by atoms with van der Waals surface area (Å²) in [5.41, 5.74) is -1.21. The summed E-state index contributed by atoms with van der Waals surface area (Å²) in [6.45, 7) is 2.03.